The van der Waals surface area contributed by atoms with E-state index in [1.165, 1.54) is 18.2 Å². The Morgan fingerprint density at radius 2 is 1.78 bits per heavy atom. The third-order valence-corrected chi connectivity index (χ3v) is 4.77. The van der Waals surface area contributed by atoms with Gasteiger partial charge in [-0.1, -0.05) is 27.7 Å². The van der Waals surface area contributed by atoms with Gasteiger partial charge >= 0.3 is 0 Å². The molecule has 0 aromatic heterocycles. The highest BCUT2D eigenvalue weighted by atomic mass is 16.5. The van der Waals surface area contributed by atoms with Crippen molar-refractivity contribution in [2.75, 3.05) is 6.61 Å². The second-order valence-electron chi connectivity index (χ2n) is 7.24. The van der Waals surface area contributed by atoms with E-state index in [-0.39, 0.29) is 22.7 Å². The summed E-state index contributed by atoms with van der Waals surface area (Å²) in [6, 6.07) is 9.66. The molecular weight excluding hydrogens is 340 g/mol. The molecule has 2 aromatic carbocycles. The maximum Gasteiger partial charge on any atom is 0.185 e. The highest BCUT2D eigenvalue weighted by Crippen LogP contribution is 2.38. The summed E-state index contributed by atoms with van der Waals surface area (Å²) >= 11 is 0. The van der Waals surface area contributed by atoms with Crippen molar-refractivity contribution in [3.8, 4) is 17.2 Å². The Balaban J connectivity index is 2.40. The molecule has 2 aromatic rings. The molecule has 0 saturated carbocycles. The molecule has 0 atom stereocenters. The van der Waals surface area contributed by atoms with Gasteiger partial charge in [0, 0.05) is 22.8 Å². The molecule has 0 radical (unpaired) electrons. The fraction of sp³-hybridized carbons (Fsp3) is 0.348. The Bertz CT molecular complexity index is 817. The van der Waals surface area contributed by atoms with Gasteiger partial charge in [-0.25, -0.2) is 0 Å². The molecule has 0 bridgehead atoms. The summed E-state index contributed by atoms with van der Waals surface area (Å²) in [5, 5.41) is 19.8. The highest BCUT2D eigenvalue weighted by Gasteiger charge is 2.23. The lowest BCUT2D eigenvalue weighted by molar-refractivity contribution is 0.104. The highest BCUT2D eigenvalue weighted by molar-refractivity contribution is 6.07. The van der Waals surface area contributed by atoms with Crippen LogP contribution in [-0.4, -0.2) is 22.6 Å². The molecule has 2 rings (SSSR count). The summed E-state index contributed by atoms with van der Waals surface area (Å²) in [6.07, 6.45) is 4.92. The molecule has 0 fully saturated rings. The summed E-state index contributed by atoms with van der Waals surface area (Å²) in [5.74, 6) is 0.714. The molecule has 0 aliphatic rings. The molecule has 0 spiro atoms. The van der Waals surface area contributed by atoms with Crippen molar-refractivity contribution in [2.24, 2.45) is 0 Å². The van der Waals surface area contributed by atoms with Crippen LogP contribution in [0.25, 0.3) is 6.08 Å². The number of hydrogen-bond acceptors (Lipinski definition) is 4. The first kappa shape index (κ1) is 20.6. The van der Waals surface area contributed by atoms with Crippen LogP contribution in [0.1, 0.15) is 62.0 Å². The predicted molar refractivity (Wildman–Crippen MR) is 109 cm³/mol. The normalized spacial score (nSPS) is 11.7. The van der Waals surface area contributed by atoms with Gasteiger partial charge in [0.1, 0.15) is 17.2 Å². The van der Waals surface area contributed by atoms with Crippen molar-refractivity contribution in [1.82, 2.24) is 0 Å². The maximum absolute atomic E-state index is 12.4. The lowest BCUT2D eigenvalue weighted by Crippen LogP contribution is -2.16. The number of ketones is 1. The summed E-state index contributed by atoms with van der Waals surface area (Å²) in [4.78, 5) is 12.4. The second-order valence-corrected chi connectivity index (χ2v) is 7.24. The van der Waals surface area contributed by atoms with Crippen molar-refractivity contribution < 1.29 is 19.7 Å². The first-order valence-electron chi connectivity index (χ1n) is 9.30. The number of aromatic hydroxyl groups is 2. The first-order valence-corrected chi connectivity index (χ1v) is 9.30. The molecule has 0 heterocycles. The Morgan fingerprint density at radius 1 is 1.11 bits per heavy atom. The van der Waals surface area contributed by atoms with Gasteiger partial charge < -0.3 is 14.9 Å². The predicted octanol–water partition coefficient (Wildman–Crippen LogP) is 5.47. The maximum atomic E-state index is 12.4. The summed E-state index contributed by atoms with van der Waals surface area (Å²) < 4.78 is 5.77. The first-order chi connectivity index (χ1) is 12.8. The van der Waals surface area contributed by atoms with Gasteiger partial charge in [-0.15, -0.1) is 0 Å². The fourth-order valence-electron chi connectivity index (χ4n) is 2.67. The molecule has 0 aliphatic carbocycles. The van der Waals surface area contributed by atoms with Crippen molar-refractivity contribution in [3.05, 3.63) is 59.2 Å². The lowest BCUT2D eigenvalue weighted by Gasteiger charge is -2.25. The molecule has 4 heteroatoms. The quantitative estimate of drug-likeness (QED) is 0.479. The van der Waals surface area contributed by atoms with Crippen molar-refractivity contribution >= 4 is 11.9 Å². The van der Waals surface area contributed by atoms with Crippen LogP contribution in [0.3, 0.4) is 0 Å². The van der Waals surface area contributed by atoms with E-state index in [0.29, 0.717) is 17.9 Å². The van der Waals surface area contributed by atoms with Crippen LogP contribution in [0.4, 0.5) is 0 Å². The zero-order valence-electron chi connectivity index (χ0n) is 16.5. The minimum Gasteiger partial charge on any atom is -0.508 e. The van der Waals surface area contributed by atoms with Gasteiger partial charge in [0.25, 0.3) is 0 Å². The monoisotopic (exact) mass is 368 g/mol. The van der Waals surface area contributed by atoms with Gasteiger partial charge in [0.05, 0.1) is 6.61 Å². The van der Waals surface area contributed by atoms with E-state index in [9.17, 15) is 15.0 Å². The average Bonchev–Trinajstić information content (AvgIpc) is 2.65. The number of carbonyl (C=O) groups is 1. The molecule has 2 N–H and O–H groups in total. The Hall–Kier alpha value is -2.75. The van der Waals surface area contributed by atoms with Crippen molar-refractivity contribution in [2.45, 2.75) is 46.0 Å². The molecule has 0 amide bonds. The van der Waals surface area contributed by atoms with Crippen LogP contribution < -0.4 is 4.74 Å². The van der Waals surface area contributed by atoms with Crippen LogP contribution in [0.15, 0.2) is 42.5 Å². The average molecular weight is 368 g/mol. The fourth-order valence-corrected chi connectivity index (χ4v) is 2.67. The number of phenols is 2. The van der Waals surface area contributed by atoms with E-state index in [1.807, 2.05) is 13.0 Å². The third kappa shape index (κ3) is 5.13. The number of ether oxygens (including phenoxy) is 1. The third-order valence-electron chi connectivity index (χ3n) is 4.77. The Labute approximate surface area is 161 Å². The van der Waals surface area contributed by atoms with Crippen molar-refractivity contribution in [3.63, 3.8) is 0 Å². The molecule has 0 unspecified atom stereocenters. The minimum absolute atomic E-state index is 0.121. The van der Waals surface area contributed by atoms with E-state index in [4.69, 9.17) is 4.74 Å². The Kier molecular flexibility index (Phi) is 6.67. The number of phenolic OH excluding ortho intramolecular Hbond substituents is 2. The topological polar surface area (TPSA) is 66.8 Å². The summed E-state index contributed by atoms with van der Waals surface area (Å²) in [7, 11) is 0. The molecule has 0 saturated heterocycles. The van der Waals surface area contributed by atoms with Gasteiger partial charge in [0.15, 0.2) is 5.78 Å². The molecule has 27 heavy (non-hydrogen) atoms. The zero-order valence-corrected chi connectivity index (χ0v) is 16.5. The van der Waals surface area contributed by atoms with Gasteiger partial charge in [0.2, 0.25) is 0 Å². The second kappa shape index (κ2) is 8.76. The molecular formula is C23H28O4. The number of rotatable bonds is 8. The van der Waals surface area contributed by atoms with Gasteiger partial charge in [-0.2, -0.15) is 0 Å². The smallest absolute Gasteiger partial charge is 0.185 e. The zero-order chi connectivity index (χ0) is 20.0. The van der Waals surface area contributed by atoms with E-state index in [1.54, 1.807) is 24.3 Å². The van der Waals surface area contributed by atoms with Crippen LogP contribution >= 0.6 is 0 Å². The SMILES string of the molecule is CCCOc1cc(O)c(C(C)(C)CC)cc1C=CC(=O)c1ccc(O)cc1. The summed E-state index contributed by atoms with van der Waals surface area (Å²) in [5.41, 5.74) is 1.88. The minimum atomic E-state index is -0.197. The molecule has 0 aliphatic heterocycles. The van der Waals surface area contributed by atoms with Crippen LogP contribution in [-0.2, 0) is 5.41 Å². The number of allylic oxidation sites excluding steroid dienone is 1. The molecule has 144 valence electrons. The number of benzene rings is 2. The van der Waals surface area contributed by atoms with E-state index >= 15 is 0 Å². The Morgan fingerprint density at radius 3 is 2.37 bits per heavy atom. The number of hydrogen-bond donors (Lipinski definition) is 2. The van der Waals surface area contributed by atoms with E-state index in [2.05, 4.69) is 20.8 Å². The van der Waals surface area contributed by atoms with E-state index in [0.717, 1.165) is 24.0 Å². The van der Waals surface area contributed by atoms with Crippen LogP contribution in [0, 0.1) is 0 Å². The number of carbonyl (C=O) groups excluding carboxylic acids is 1. The van der Waals surface area contributed by atoms with Crippen molar-refractivity contribution in [1.29, 1.82) is 0 Å². The lowest BCUT2D eigenvalue weighted by atomic mass is 9.81. The standard InChI is InChI=1S/C23H28O4/c1-5-13-27-22-15-21(26)19(23(3,4)6-2)14-17(22)9-12-20(25)16-7-10-18(24)11-8-16/h7-12,14-15,24,26H,5-6,13H2,1-4H3. The van der Waals surface area contributed by atoms with Gasteiger partial charge in [-0.3, -0.25) is 4.79 Å². The largest absolute Gasteiger partial charge is 0.508 e. The van der Waals surface area contributed by atoms with E-state index < -0.39 is 0 Å². The summed E-state index contributed by atoms with van der Waals surface area (Å²) in [6.45, 7) is 8.76. The van der Waals surface area contributed by atoms with Crippen LogP contribution in [0.5, 0.6) is 17.2 Å². The van der Waals surface area contributed by atoms with Crippen LogP contribution in [0.2, 0.25) is 0 Å². The molecule has 4 nitrogen and oxygen atoms in total. The van der Waals surface area contributed by atoms with Gasteiger partial charge in [-0.05, 0) is 60.7 Å².